The highest BCUT2D eigenvalue weighted by Gasteiger charge is 2.19. The van der Waals surface area contributed by atoms with E-state index < -0.39 is 0 Å². The molecule has 1 heterocycles. The van der Waals surface area contributed by atoms with Gasteiger partial charge in [-0.1, -0.05) is 38.0 Å². The van der Waals surface area contributed by atoms with Crippen molar-refractivity contribution in [1.82, 2.24) is 25.8 Å². The van der Waals surface area contributed by atoms with Crippen molar-refractivity contribution in [2.75, 3.05) is 6.54 Å². The van der Waals surface area contributed by atoms with E-state index in [1.54, 1.807) is 0 Å². The quantitative estimate of drug-likeness (QED) is 0.355. The molecule has 26 heavy (non-hydrogen) atoms. The van der Waals surface area contributed by atoms with Crippen LogP contribution >= 0.6 is 24.0 Å². The zero-order chi connectivity index (χ0) is 17.5. The third-order valence-corrected chi connectivity index (χ3v) is 4.66. The second kappa shape index (κ2) is 10.5. The molecule has 142 valence electrons. The van der Waals surface area contributed by atoms with Crippen LogP contribution in [0.15, 0.2) is 35.6 Å². The van der Waals surface area contributed by atoms with Crippen molar-refractivity contribution >= 4 is 29.9 Å². The molecule has 7 heteroatoms. The van der Waals surface area contributed by atoms with Gasteiger partial charge in [0.15, 0.2) is 11.8 Å². The molecule has 0 radical (unpaired) electrons. The average Bonchev–Trinajstić information content (AvgIpc) is 3.15. The van der Waals surface area contributed by atoms with Crippen molar-refractivity contribution in [3.63, 3.8) is 0 Å². The zero-order valence-corrected chi connectivity index (χ0v) is 17.9. The smallest absolute Gasteiger partial charge is 0.191 e. The topological polar surface area (TPSA) is 78.0 Å². The van der Waals surface area contributed by atoms with E-state index in [1.165, 1.54) is 32.0 Å². The summed E-state index contributed by atoms with van der Waals surface area (Å²) in [7, 11) is 0. The largest absolute Gasteiger partial charge is 0.357 e. The molecule has 3 rings (SSSR count). The van der Waals surface area contributed by atoms with Gasteiger partial charge in [0.05, 0.1) is 6.54 Å². The highest BCUT2D eigenvalue weighted by molar-refractivity contribution is 14.0. The number of hydrogen-bond donors (Lipinski definition) is 3. The molecule has 1 aliphatic carbocycles. The summed E-state index contributed by atoms with van der Waals surface area (Å²) in [6.45, 7) is 5.95. The highest BCUT2D eigenvalue weighted by atomic mass is 127. The third-order valence-electron chi connectivity index (χ3n) is 4.66. The summed E-state index contributed by atoms with van der Waals surface area (Å²) in [6, 6.07) is 8.79. The van der Waals surface area contributed by atoms with E-state index >= 15 is 0 Å². The minimum absolute atomic E-state index is 0. The van der Waals surface area contributed by atoms with E-state index in [1.807, 2.05) is 12.1 Å². The molecule has 2 aromatic rings. The second-order valence-corrected chi connectivity index (χ2v) is 6.84. The fraction of sp³-hybridized carbons (Fsp3) is 0.526. The fourth-order valence-electron chi connectivity index (χ4n) is 3.41. The van der Waals surface area contributed by atoms with Crippen molar-refractivity contribution in [3.8, 4) is 11.4 Å². The van der Waals surface area contributed by atoms with Gasteiger partial charge in [0, 0.05) is 18.2 Å². The maximum Gasteiger partial charge on any atom is 0.191 e. The summed E-state index contributed by atoms with van der Waals surface area (Å²) in [5, 5.41) is 13.8. The van der Waals surface area contributed by atoms with Gasteiger partial charge in [-0.15, -0.1) is 24.0 Å². The van der Waals surface area contributed by atoms with Crippen LogP contribution in [0.2, 0.25) is 0 Å². The first kappa shape index (κ1) is 20.7. The van der Waals surface area contributed by atoms with Crippen LogP contribution in [0, 0.1) is 5.92 Å². The second-order valence-electron chi connectivity index (χ2n) is 6.84. The van der Waals surface area contributed by atoms with Crippen LogP contribution in [0.1, 0.15) is 45.1 Å². The summed E-state index contributed by atoms with van der Waals surface area (Å²) in [6.07, 6.45) is 6.64. The lowest BCUT2D eigenvalue weighted by atomic mass is 9.87. The van der Waals surface area contributed by atoms with Crippen molar-refractivity contribution in [1.29, 1.82) is 0 Å². The standard InChI is InChI=1S/C19H28N6.HI/c1-3-20-19(24-17-9-4-6-14(2)10-17)21-12-15-7-5-8-16(11-15)18-22-13-23-25-18;/h5,7-8,11,13-14,17H,3-4,6,9-10,12H2,1-2H3,(H2,20,21,24)(H,22,23,25);1H. The molecule has 1 aromatic carbocycles. The third kappa shape index (κ3) is 5.96. The van der Waals surface area contributed by atoms with Crippen LogP contribution in [0.25, 0.3) is 11.4 Å². The lowest BCUT2D eigenvalue weighted by Crippen LogP contribution is -2.45. The van der Waals surface area contributed by atoms with Crippen LogP contribution in [0.4, 0.5) is 0 Å². The summed E-state index contributed by atoms with van der Waals surface area (Å²) < 4.78 is 0. The molecule has 0 saturated heterocycles. The molecular weight excluding hydrogens is 439 g/mol. The van der Waals surface area contributed by atoms with E-state index in [0.717, 1.165) is 35.4 Å². The van der Waals surface area contributed by atoms with E-state index in [2.05, 4.69) is 51.8 Å². The number of halogens is 1. The van der Waals surface area contributed by atoms with E-state index in [4.69, 9.17) is 4.99 Å². The highest BCUT2D eigenvalue weighted by Crippen LogP contribution is 2.23. The molecule has 3 N–H and O–H groups in total. The van der Waals surface area contributed by atoms with Gasteiger partial charge in [0.1, 0.15) is 6.33 Å². The van der Waals surface area contributed by atoms with Gasteiger partial charge >= 0.3 is 0 Å². The Balaban J connectivity index is 0.00000243. The van der Waals surface area contributed by atoms with E-state index in [-0.39, 0.29) is 24.0 Å². The van der Waals surface area contributed by atoms with Gasteiger partial charge in [0.25, 0.3) is 0 Å². The number of aromatic amines is 1. The Hall–Kier alpha value is -1.64. The summed E-state index contributed by atoms with van der Waals surface area (Å²) in [5.74, 6) is 2.49. The first-order valence-corrected chi connectivity index (χ1v) is 9.24. The normalized spacial score (nSPS) is 20.3. The lowest BCUT2D eigenvalue weighted by Gasteiger charge is -2.28. The van der Waals surface area contributed by atoms with Crippen LogP contribution in [-0.2, 0) is 6.54 Å². The minimum Gasteiger partial charge on any atom is -0.357 e. The number of guanidine groups is 1. The molecule has 0 amide bonds. The van der Waals surface area contributed by atoms with Gasteiger partial charge in [-0.25, -0.2) is 9.98 Å². The molecule has 2 atom stereocenters. The van der Waals surface area contributed by atoms with Crippen molar-refractivity contribution in [2.24, 2.45) is 10.9 Å². The molecule has 1 fully saturated rings. The van der Waals surface area contributed by atoms with Crippen LogP contribution in [0.3, 0.4) is 0 Å². The molecule has 6 nitrogen and oxygen atoms in total. The maximum atomic E-state index is 4.77. The first-order valence-electron chi connectivity index (χ1n) is 9.24. The van der Waals surface area contributed by atoms with E-state index in [9.17, 15) is 0 Å². The number of nitrogens with one attached hydrogen (secondary N) is 3. The van der Waals surface area contributed by atoms with Crippen LogP contribution < -0.4 is 10.6 Å². The zero-order valence-electron chi connectivity index (χ0n) is 15.5. The molecule has 0 bridgehead atoms. The SMILES string of the molecule is CCNC(=NCc1cccc(-c2ncn[nH]2)c1)NC1CCCC(C)C1.I. The lowest BCUT2D eigenvalue weighted by molar-refractivity contribution is 0.324. The Morgan fingerprint density at radius 2 is 2.23 bits per heavy atom. The Morgan fingerprint density at radius 1 is 1.35 bits per heavy atom. The minimum atomic E-state index is 0. The predicted molar refractivity (Wildman–Crippen MR) is 117 cm³/mol. The van der Waals surface area contributed by atoms with Crippen molar-refractivity contribution in [3.05, 3.63) is 36.2 Å². The number of nitrogens with zero attached hydrogens (tertiary/aromatic N) is 3. The monoisotopic (exact) mass is 468 g/mol. The Bertz CT molecular complexity index is 685. The molecule has 1 saturated carbocycles. The summed E-state index contributed by atoms with van der Waals surface area (Å²) in [4.78, 5) is 8.98. The van der Waals surface area contributed by atoms with Gasteiger partial charge in [-0.3, -0.25) is 5.10 Å². The molecule has 1 aromatic heterocycles. The number of aromatic nitrogens is 3. The molecular formula is C19H29IN6. The summed E-state index contributed by atoms with van der Waals surface area (Å²) in [5.41, 5.74) is 2.19. The van der Waals surface area contributed by atoms with Gasteiger partial charge in [-0.05, 0) is 37.3 Å². The Morgan fingerprint density at radius 3 is 2.96 bits per heavy atom. The predicted octanol–water partition coefficient (Wildman–Crippen LogP) is 3.72. The van der Waals surface area contributed by atoms with Crippen LogP contribution in [0.5, 0.6) is 0 Å². The number of benzene rings is 1. The number of aliphatic imine (C=N–C) groups is 1. The molecule has 0 spiro atoms. The molecule has 0 aliphatic heterocycles. The average molecular weight is 468 g/mol. The Kier molecular flexibility index (Phi) is 8.34. The van der Waals surface area contributed by atoms with Gasteiger partial charge in [0.2, 0.25) is 0 Å². The number of rotatable bonds is 5. The van der Waals surface area contributed by atoms with Crippen molar-refractivity contribution in [2.45, 2.75) is 52.1 Å². The van der Waals surface area contributed by atoms with E-state index in [0.29, 0.717) is 12.6 Å². The Labute approximate surface area is 172 Å². The van der Waals surface area contributed by atoms with Gasteiger partial charge < -0.3 is 10.6 Å². The van der Waals surface area contributed by atoms with Gasteiger partial charge in [-0.2, -0.15) is 5.10 Å². The van der Waals surface area contributed by atoms with Crippen molar-refractivity contribution < 1.29 is 0 Å². The number of hydrogen-bond acceptors (Lipinski definition) is 3. The molecule has 2 unspecified atom stereocenters. The van der Waals surface area contributed by atoms with Crippen LogP contribution in [-0.4, -0.2) is 33.7 Å². The number of H-pyrrole nitrogens is 1. The molecule has 1 aliphatic rings. The summed E-state index contributed by atoms with van der Waals surface area (Å²) >= 11 is 0. The maximum absolute atomic E-state index is 4.77. The first-order chi connectivity index (χ1) is 12.2. The fourth-order valence-corrected chi connectivity index (χ4v) is 3.41.